The maximum absolute atomic E-state index is 13.1. The van der Waals surface area contributed by atoms with Gasteiger partial charge < -0.3 is 11.1 Å². The van der Waals surface area contributed by atoms with Gasteiger partial charge in [-0.3, -0.25) is 4.99 Å². The molecule has 2 aromatic carbocycles. The van der Waals surface area contributed by atoms with Gasteiger partial charge in [0.2, 0.25) is 0 Å². The molecule has 0 spiro atoms. The molecule has 0 saturated heterocycles. The monoisotopic (exact) mass is 439 g/mol. The third-order valence-electron chi connectivity index (χ3n) is 4.36. The SMILES string of the molecule is Cc1cc(C)cc(NC(N)=NCC2(c3ccc(F)cc3)CC2)c1.I. The van der Waals surface area contributed by atoms with Crippen molar-refractivity contribution in [3.63, 3.8) is 0 Å². The number of anilines is 1. The van der Waals surface area contributed by atoms with Crippen LogP contribution in [0.5, 0.6) is 0 Å². The van der Waals surface area contributed by atoms with Crippen molar-refractivity contribution in [3.05, 3.63) is 65.0 Å². The smallest absolute Gasteiger partial charge is 0.193 e. The molecule has 5 heteroatoms. The molecule has 0 radical (unpaired) electrons. The van der Waals surface area contributed by atoms with Gasteiger partial charge in [0, 0.05) is 11.1 Å². The highest BCUT2D eigenvalue weighted by Gasteiger charge is 2.44. The van der Waals surface area contributed by atoms with Crippen LogP contribution < -0.4 is 11.1 Å². The summed E-state index contributed by atoms with van der Waals surface area (Å²) in [6.07, 6.45) is 2.14. The number of nitrogens with two attached hydrogens (primary N) is 1. The Morgan fingerprint density at radius 2 is 1.71 bits per heavy atom. The molecule has 1 aliphatic rings. The van der Waals surface area contributed by atoms with Crippen LogP contribution in [-0.2, 0) is 5.41 Å². The third-order valence-corrected chi connectivity index (χ3v) is 4.36. The molecular formula is C19H23FIN3. The normalized spacial score (nSPS) is 15.5. The number of hydrogen-bond acceptors (Lipinski definition) is 1. The summed E-state index contributed by atoms with van der Waals surface area (Å²) in [5, 5.41) is 3.15. The van der Waals surface area contributed by atoms with E-state index in [4.69, 9.17) is 5.73 Å². The molecule has 0 bridgehead atoms. The molecule has 0 atom stereocenters. The van der Waals surface area contributed by atoms with Gasteiger partial charge in [-0.05, 0) is 67.6 Å². The highest BCUT2D eigenvalue weighted by atomic mass is 127. The number of halogens is 2. The van der Waals surface area contributed by atoms with Crippen LogP contribution in [0.15, 0.2) is 47.5 Å². The van der Waals surface area contributed by atoms with E-state index in [-0.39, 0.29) is 35.2 Å². The first kappa shape index (κ1) is 18.7. The Labute approximate surface area is 159 Å². The number of nitrogens with one attached hydrogen (secondary N) is 1. The first-order valence-corrected chi connectivity index (χ1v) is 7.88. The second-order valence-electron chi connectivity index (χ2n) is 6.49. The Hall–Kier alpha value is -1.63. The summed E-state index contributed by atoms with van der Waals surface area (Å²) < 4.78 is 13.1. The average molecular weight is 439 g/mol. The van der Waals surface area contributed by atoms with Gasteiger partial charge in [-0.25, -0.2) is 4.39 Å². The molecular weight excluding hydrogens is 416 g/mol. The zero-order valence-electron chi connectivity index (χ0n) is 14.0. The van der Waals surface area contributed by atoms with Crippen molar-refractivity contribution in [3.8, 4) is 0 Å². The topological polar surface area (TPSA) is 50.4 Å². The lowest BCUT2D eigenvalue weighted by Crippen LogP contribution is -2.25. The van der Waals surface area contributed by atoms with Crippen LogP contribution in [0.1, 0.15) is 29.5 Å². The van der Waals surface area contributed by atoms with Crippen LogP contribution in [0.4, 0.5) is 10.1 Å². The van der Waals surface area contributed by atoms with E-state index in [1.807, 2.05) is 24.3 Å². The average Bonchev–Trinajstić information content (AvgIpc) is 3.26. The van der Waals surface area contributed by atoms with Crippen molar-refractivity contribution in [2.24, 2.45) is 10.7 Å². The highest BCUT2D eigenvalue weighted by Crippen LogP contribution is 2.48. The molecule has 1 saturated carbocycles. The van der Waals surface area contributed by atoms with Gasteiger partial charge in [-0.15, -0.1) is 24.0 Å². The minimum Gasteiger partial charge on any atom is -0.370 e. The van der Waals surface area contributed by atoms with Crippen molar-refractivity contribution < 1.29 is 4.39 Å². The van der Waals surface area contributed by atoms with Crippen LogP contribution in [0.25, 0.3) is 0 Å². The van der Waals surface area contributed by atoms with E-state index in [1.165, 1.54) is 23.3 Å². The Morgan fingerprint density at radius 3 is 2.25 bits per heavy atom. The summed E-state index contributed by atoms with van der Waals surface area (Å²) in [5.74, 6) is 0.215. The number of aliphatic imine (C=N–C) groups is 1. The fourth-order valence-corrected chi connectivity index (χ4v) is 2.96. The van der Waals surface area contributed by atoms with E-state index in [0.717, 1.165) is 24.1 Å². The lowest BCUT2D eigenvalue weighted by Gasteiger charge is -2.14. The zero-order chi connectivity index (χ0) is 16.4. The van der Waals surface area contributed by atoms with E-state index in [9.17, 15) is 4.39 Å². The molecule has 3 nitrogen and oxygen atoms in total. The summed E-state index contributed by atoms with van der Waals surface area (Å²) in [6, 6.07) is 12.9. The Morgan fingerprint density at radius 1 is 1.12 bits per heavy atom. The molecule has 0 aromatic heterocycles. The van der Waals surface area contributed by atoms with Gasteiger partial charge in [-0.2, -0.15) is 0 Å². The zero-order valence-corrected chi connectivity index (χ0v) is 16.3. The predicted octanol–water partition coefficient (Wildman–Crippen LogP) is 4.52. The minimum atomic E-state index is -0.205. The van der Waals surface area contributed by atoms with Gasteiger partial charge >= 0.3 is 0 Å². The molecule has 0 unspecified atom stereocenters. The second kappa shape index (κ2) is 7.51. The van der Waals surface area contributed by atoms with Gasteiger partial charge in [-0.1, -0.05) is 18.2 Å². The van der Waals surface area contributed by atoms with E-state index in [2.05, 4.69) is 30.2 Å². The van der Waals surface area contributed by atoms with Crippen LogP contribution in [0, 0.1) is 19.7 Å². The van der Waals surface area contributed by atoms with Gasteiger partial charge in [0.15, 0.2) is 5.96 Å². The number of hydrogen-bond donors (Lipinski definition) is 2. The largest absolute Gasteiger partial charge is 0.370 e. The fourth-order valence-electron chi connectivity index (χ4n) is 2.96. The maximum atomic E-state index is 13.1. The Kier molecular flexibility index (Phi) is 5.85. The lowest BCUT2D eigenvalue weighted by molar-refractivity contribution is 0.623. The van der Waals surface area contributed by atoms with E-state index in [0.29, 0.717) is 12.5 Å². The summed E-state index contributed by atoms with van der Waals surface area (Å²) in [6.45, 7) is 4.74. The van der Waals surface area contributed by atoms with Gasteiger partial charge in [0.05, 0.1) is 6.54 Å². The van der Waals surface area contributed by atoms with E-state index < -0.39 is 0 Å². The second-order valence-corrected chi connectivity index (χ2v) is 6.49. The minimum absolute atomic E-state index is 0. The van der Waals surface area contributed by atoms with Crippen molar-refractivity contribution in [1.82, 2.24) is 0 Å². The molecule has 0 aliphatic heterocycles. The van der Waals surface area contributed by atoms with Crippen molar-refractivity contribution in [1.29, 1.82) is 0 Å². The first-order valence-electron chi connectivity index (χ1n) is 7.88. The molecule has 0 amide bonds. The first-order chi connectivity index (χ1) is 11.0. The van der Waals surface area contributed by atoms with Crippen LogP contribution >= 0.6 is 24.0 Å². The molecule has 24 heavy (non-hydrogen) atoms. The van der Waals surface area contributed by atoms with Crippen molar-refractivity contribution >= 4 is 35.6 Å². The molecule has 2 aromatic rings. The van der Waals surface area contributed by atoms with Gasteiger partial charge in [0.25, 0.3) is 0 Å². The summed E-state index contributed by atoms with van der Waals surface area (Å²) in [7, 11) is 0. The molecule has 3 N–H and O–H groups in total. The molecule has 128 valence electrons. The predicted molar refractivity (Wildman–Crippen MR) is 109 cm³/mol. The van der Waals surface area contributed by atoms with E-state index >= 15 is 0 Å². The molecule has 0 heterocycles. The third kappa shape index (κ3) is 4.47. The lowest BCUT2D eigenvalue weighted by atomic mass is 9.96. The number of guanidine groups is 1. The Bertz CT molecular complexity index is 717. The summed E-state index contributed by atoms with van der Waals surface area (Å²) in [4.78, 5) is 4.50. The number of nitrogens with zero attached hydrogens (tertiary/aromatic N) is 1. The number of rotatable bonds is 4. The van der Waals surface area contributed by atoms with Gasteiger partial charge in [0.1, 0.15) is 5.82 Å². The summed E-state index contributed by atoms with van der Waals surface area (Å²) >= 11 is 0. The molecule has 1 fully saturated rings. The van der Waals surface area contributed by atoms with Crippen LogP contribution in [-0.4, -0.2) is 12.5 Å². The number of benzene rings is 2. The quantitative estimate of drug-likeness (QED) is 0.418. The standard InChI is InChI=1S/C19H22FN3.HI/c1-13-9-14(2)11-17(10-13)23-18(21)22-12-19(7-8-19)15-3-5-16(20)6-4-15;/h3-6,9-11H,7-8,12H2,1-2H3,(H3,21,22,23);1H. The summed E-state index contributed by atoms with van der Waals surface area (Å²) in [5.41, 5.74) is 10.5. The van der Waals surface area contributed by atoms with Crippen LogP contribution in [0.3, 0.4) is 0 Å². The van der Waals surface area contributed by atoms with Crippen molar-refractivity contribution in [2.45, 2.75) is 32.1 Å². The molecule has 3 rings (SSSR count). The maximum Gasteiger partial charge on any atom is 0.193 e. The molecule has 1 aliphatic carbocycles. The van der Waals surface area contributed by atoms with E-state index in [1.54, 1.807) is 0 Å². The van der Waals surface area contributed by atoms with Crippen LogP contribution in [0.2, 0.25) is 0 Å². The van der Waals surface area contributed by atoms with Crippen molar-refractivity contribution in [2.75, 3.05) is 11.9 Å². The highest BCUT2D eigenvalue weighted by molar-refractivity contribution is 14.0. The fraction of sp³-hybridized carbons (Fsp3) is 0.316. The Balaban J connectivity index is 0.00000208. The number of aryl methyl sites for hydroxylation is 2.